The van der Waals surface area contributed by atoms with E-state index in [4.69, 9.17) is 14.4 Å². The second kappa shape index (κ2) is 7.98. The minimum absolute atomic E-state index is 0.0459. The van der Waals surface area contributed by atoms with Crippen molar-refractivity contribution in [2.45, 2.75) is 39.7 Å². The van der Waals surface area contributed by atoms with E-state index >= 15 is 0 Å². The first-order valence-corrected chi connectivity index (χ1v) is 9.70. The van der Waals surface area contributed by atoms with Crippen molar-refractivity contribution in [1.82, 2.24) is 20.1 Å². The number of aryl methyl sites for hydroxylation is 2. The predicted octanol–water partition coefficient (Wildman–Crippen LogP) is 4.39. The Morgan fingerprint density at radius 1 is 1.27 bits per heavy atom. The van der Waals surface area contributed by atoms with Crippen LogP contribution in [0.2, 0.25) is 0 Å². The number of fused-ring (bicyclic) bond motifs is 1. The molecule has 0 radical (unpaired) electrons. The summed E-state index contributed by atoms with van der Waals surface area (Å²) in [5.74, 6) is 0.623. The fourth-order valence-corrected chi connectivity index (χ4v) is 3.26. The van der Waals surface area contributed by atoms with E-state index in [1.165, 1.54) is 0 Å². The van der Waals surface area contributed by atoms with Gasteiger partial charge in [-0.1, -0.05) is 17.3 Å². The number of aliphatic carboxylic acids is 1. The van der Waals surface area contributed by atoms with Crippen molar-refractivity contribution in [3.8, 4) is 28.7 Å². The third-order valence-corrected chi connectivity index (χ3v) is 4.68. The number of carboxylic acids is 1. The number of carbonyl (C=O) groups is 1. The van der Waals surface area contributed by atoms with Crippen molar-refractivity contribution in [2.24, 2.45) is 0 Å². The maximum atomic E-state index is 10.8. The molecule has 0 amide bonds. The third-order valence-electron chi connectivity index (χ3n) is 4.68. The summed E-state index contributed by atoms with van der Waals surface area (Å²) >= 11 is 0. The summed E-state index contributed by atoms with van der Waals surface area (Å²) < 4.78 is 11.1. The number of hydrogen-bond donors (Lipinski definition) is 2. The molecule has 0 saturated carbocycles. The lowest BCUT2D eigenvalue weighted by Gasteiger charge is -2.10. The molecule has 0 spiro atoms. The van der Waals surface area contributed by atoms with Gasteiger partial charge in [0.2, 0.25) is 11.7 Å². The number of hydrogen-bond acceptors (Lipinski definition) is 6. The lowest BCUT2D eigenvalue weighted by molar-refractivity contribution is -0.136. The number of nitrogens with one attached hydrogen (secondary N) is 1. The van der Waals surface area contributed by atoms with Gasteiger partial charge in [-0.25, -0.2) is 4.98 Å². The Hall–Kier alpha value is -3.68. The highest BCUT2D eigenvalue weighted by Gasteiger charge is 2.15. The topological polar surface area (TPSA) is 114 Å². The molecule has 0 unspecified atom stereocenters. The van der Waals surface area contributed by atoms with Crippen molar-refractivity contribution in [2.75, 3.05) is 0 Å². The molecule has 4 rings (SSSR count). The van der Waals surface area contributed by atoms with Crippen molar-refractivity contribution >= 4 is 16.9 Å². The first kappa shape index (κ1) is 19.6. The highest BCUT2D eigenvalue weighted by Crippen LogP contribution is 2.28. The summed E-state index contributed by atoms with van der Waals surface area (Å²) in [5.41, 5.74) is 4.28. The molecule has 2 N–H and O–H groups in total. The quantitative estimate of drug-likeness (QED) is 0.468. The van der Waals surface area contributed by atoms with Crippen molar-refractivity contribution in [3.05, 3.63) is 47.8 Å². The number of H-pyrrole nitrogens is 1. The zero-order chi connectivity index (χ0) is 21.3. The predicted molar refractivity (Wildman–Crippen MR) is 111 cm³/mol. The van der Waals surface area contributed by atoms with Crippen LogP contribution in [0.1, 0.15) is 31.4 Å². The van der Waals surface area contributed by atoms with Gasteiger partial charge in [0.15, 0.2) is 0 Å². The van der Waals surface area contributed by atoms with Crippen LogP contribution in [0.3, 0.4) is 0 Å². The van der Waals surface area contributed by atoms with Crippen LogP contribution in [-0.4, -0.2) is 37.3 Å². The number of nitrogens with zero attached hydrogens (tertiary/aromatic N) is 3. The van der Waals surface area contributed by atoms with E-state index in [0.717, 1.165) is 33.2 Å². The van der Waals surface area contributed by atoms with Gasteiger partial charge in [-0.05, 0) is 44.9 Å². The van der Waals surface area contributed by atoms with E-state index < -0.39 is 5.97 Å². The maximum Gasteiger partial charge on any atom is 0.303 e. The Labute approximate surface area is 172 Å². The van der Waals surface area contributed by atoms with E-state index in [1.807, 2.05) is 51.2 Å². The molecule has 0 bridgehead atoms. The summed E-state index contributed by atoms with van der Waals surface area (Å²) in [5, 5.41) is 14.0. The zero-order valence-corrected chi connectivity index (χ0v) is 17.0. The smallest absolute Gasteiger partial charge is 0.303 e. The minimum atomic E-state index is -0.811. The van der Waals surface area contributed by atoms with Gasteiger partial charge >= 0.3 is 5.97 Å². The van der Waals surface area contributed by atoms with Gasteiger partial charge in [0.25, 0.3) is 5.89 Å². The number of rotatable bonds is 7. The van der Waals surface area contributed by atoms with E-state index in [0.29, 0.717) is 24.0 Å². The molecule has 0 saturated heterocycles. The summed E-state index contributed by atoms with van der Waals surface area (Å²) in [4.78, 5) is 22.9. The Balaban J connectivity index is 1.58. The van der Waals surface area contributed by atoms with Gasteiger partial charge in [-0.15, -0.1) is 0 Å². The Morgan fingerprint density at radius 3 is 2.83 bits per heavy atom. The van der Waals surface area contributed by atoms with Crippen LogP contribution in [0, 0.1) is 6.92 Å². The molecule has 0 atom stereocenters. The number of ether oxygens (including phenoxy) is 1. The highest BCUT2D eigenvalue weighted by atomic mass is 16.5. The summed E-state index contributed by atoms with van der Waals surface area (Å²) in [7, 11) is 0. The van der Waals surface area contributed by atoms with Gasteiger partial charge in [0.05, 0.1) is 11.7 Å². The molecular weight excluding hydrogens is 384 g/mol. The largest absolute Gasteiger partial charge is 0.481 e. The van der Waals surface area contributed by atoms with E-state index in [9.17, 15) is 4.79 Å². The summed E-state index contributed by atoms with van der Waals surface area (Å²) in [6.45, 7) is 5.83. The second-order valence-corrected chi connectivity index (χ2v) is 7.40. The van der Waals surface area contributed by atoms with E-state index in [-0.39, 0.29) is 12.5 Å². The van der Waals surface area contributed by atoms with Gasteiger partial charge in [0, 0.05) is 40.8 Å². The maximum absolute atomic E-state index is 10.8. The number of benzene rings is 1. The van der Waals surface area contributed by atoms with Crippen LogP contribution < -0.4 is 4.74 Å². The molecule has 30 heavy (non-hydrogen) atoms. The molecule has 1 aromatic carbocycles. The average Bonchev–Trinajstić information content (AvgIpc) is 3.34. The fourth-order valence-electron chi connectivity index (χ4n) is 3.26. The van der Waals surface area contributed by atoms with Crippen LogP contribution in [-0.2, 0) is 11.2 Å². The molecule has 8 heteroatoms. The average molecular weight is 406 g/mol. The summed E-state index contributed by atoms with van der Waals surface area (Å²) in [6.07, 6.45) is 4.12. The molecule has 4 aromatic rings. The normalized spacial score (nSPS) is 11.3. The van der Waals surface area contributed by atoms with E-state index in [2.05, 4.69) is 20.1 Å². The van der Waals surface area contributed by atoms with Crippen LogP contribution in [0.4, 0.5) is 0 Å². The Morgan fingerprint density at radius 2 is 2.10 bits per heavy atom. The lowest BCUT2D eigenvalue weighted by Crippen LogP contribution is -2.08. The number of aromatic amines is 1. The molecule has 3 aromatic heterocycles. The second-order valence-electron chi connectivity index (χ2n) is 7.40. The first-order valence-electron chi connectivity index (χ1n) is 9.70. The molecule has 0 aliphatic carbocycles. The van der Waals surface area contributed by atoms with Crippen molar-refractivity contribution in [1.29, 1.82) is 0 Å². The van der Waals surface area contributed by atoms with Gasteiger partial charge < -0.3 is 19.4 Å². The Bertz CT molecular complexity index is 1210. The molecule has 3 heterocycles. The molecule has 0 fully saturated rings. The SMILES string of the molecule is Cc1cc(-c2nc(-c3ccc4c(CCC(=O)O)c[nH]c4c3)no2)cnc1OC(C)C. The van der Waals surface area contributed by atoms with Gasteiger partial charge in [-0.3, -0.25) is 4.79 Å². The number of pyridine rings is 1. The molecular formula is C22H22N4O4. The molecule has 0 aliphatic rings. The Kier molecular flexibility index (Phi) is 5.22. The van der Waals surface area contributed by atoms with Gasteiger partial charge in [0.1, 0.15) is 0 Å². The lowest BCUT2D eigenvalue weighted by atomic mass is 10.1. The molecule has 154 valence electrons. The molecule has 8 nitrogen and oxygen atoms in total. The highest BCUT2D eigenvalue weighted by molar-refractivity contribution is 5.87. The standard InChI is InChI=1S/C22H22N4O4/c1-12(2)29-21-13(3)8-16(11-24-21)22-25-20(26-30-22)14-4-6-17-15(5-7-19(27)28)10-23-18(17)9-14/h4,6,8-12,23H,5,7H2,1-3H3,(H,27,28). The van der Waals surface area contributed by atoms with Crippen LogP contribution in [0.25, 0.3) is 33.7 Å². The fraction of sp³-hybridized carbons (Fsp3) is 0.273. The monoisotopic (exact) mass is 406 g/mol. The van der Waals surface area contributed by atoms with Gasteiger partial charge in [-0.2, -0.15) is 4.98 Å². The number of aromatic nitrogens is 4. The number of carboxylic acid groups (broad SMARTS) is 1. The van der Waals surface area contributed by atoms with E-state index in [1.54, 1.807) is 6.20 Å². The van der Waals surface area contributed by atoms with Crippen molar-refractivity contribution < 1.29 is 19.2 Å². The zero-order valence-electron chi connectivity index (χ0n) is 17.0. The molecule has 0 aliphatic heterocycles. The van der Waals surface area contributed by atoms with Crippen LogP contribution >= 0.6 is 0 Å². The first-order chi connectivity index (χ1) is 14.4. The van der Waals surface area contributed by atoms with Crippen LogP contribution in [0.15, 0.2) is 41.2 Å². The third kappa shape index (κ3) is 4.03. The minimum Gasteiger partial charge on any atom is -0.481 e. The van der Waals surface area contributed by atoms with Crippen LogP contribution in [0.5, 0.6) is 5.88 Å². The van der Waals surface area contributed by atoms with Crippen molar-refractivity contribution in [3.63, 3.8) is 0 Å². The summed E-state index contributed by atoms with van der Waals surface area (Å²) in [6, 6.07) is 7.68.